The first-order chi connectivity index (χ1) is 10.5. The Bertz CT molecular complexity index is 683. The van der Waals surface area contributed by atoms with E-state index in [2.05, 4.69) is 20.5 Å². The molecule has 2 aromatic rings. The van der Waals surface area contributed by atoms with Crippen LogP contribution in [0.3, 0.4) is 0 Å². The summed E-state index contributed by atoms with van der Waals surface area (Å²) < 4.78 is 18.5. The molecule has 2 N–H and O–H groups in total. The van der Waals surface area contributed by atoms with Crippen LogP contribution in [-0.2, 0) is 17.7 Å². The fourth-order valence-corrected chi connectivity index (χ4v) is 2.63. The van der Waals surface area contributed by atoms with Crippen molar-refractivity contribution in [1.82, 2.24) is 20.5 Å². The highest BCUT2D eigenvalue weighted by Gasteiger charge is 2.29. The zero-order valence-corrected chi connectivity index (χ0v) is 12.4. The molecular formula is C15H17FN4O2. The van der Waals surface area contributed by atoms with Gasteiger partial charge in [0.25, 0.3) is 5.91 Å². The number of aromatic amines is 1. The summed E-state index contributed by atoms with van der Waals surface area (Å²) in [6.07, 6.45) is 1.71. The molecule has 6 nitrogen and oxygen atoms in total. The van der Waals surface area contributed by atoms with E-state index in [4.69, 9.17) is 4.74 Å². The molecule has 1 aliphatic heterocycles. The maximum Gasteiger partial charge on any atom is 0.272 e. The zero-order chi connectivity index (χ0) is 15.7. The van der Waals surface area contributed by atoms with Crippen molar-refractivity contribution in [2.75, 3.05) is 0 Å². The summed E-state index contributed by atoms with van der Waals surface area (Å²) in [4.78, 5) is 16.2. The molecule has 0 aliphatic carbocycles. The normalized spacial score (nSPS) is 20.5. The Morgan fingerprint density at radius 2 is 2.32 bits per heavy atom. The summed E-state index contributed by atoms with van der Waals surface area (Å²) in [6, 6.07) is 2.85. The topological polar surface area (TPSA) is 79.9 Å². The number of H-pyrrole nitrogens is 1. The van der Waals surface area contributed by atoms with Crippen LogP contribution in [0.15, 0.2) is 18.3 Å². The molecule has 0 unspecified atom stereocenters. The van der Waals surface area contributed by atoms with Gasteiger partial charge in [0.15, 0.2) is 5.69 Å². The molecule has 0 saturated carbocycles. The minimum atomic E-state index is -0.403. The van der Waals surface area contributed by atoms with Gasteiger partial charge in [-0.1, -0.05) is 0 Å². The van der Waals surface area contributed by atoms with E-state index in [1.54, 1.807) is 0 Å². The van der Waals surface area contributed by atoms with Crippen LogP contribution >= 0.6 is 0 Å². The van der Waals surface area contributed by atoms with Gasteiger partial charge < -0.3 is 10.1 Å². The summed E-state index contributed by atoms with van der Waals surface area (Å²) in [5, 5.41) is 9.75. The zero-order valence-electron chi connectivity index (χ0n) is 12.4. The number of ether oxygens (including phenoxy) is 1. The quantitative estimate of drug-likeness (QED) is 0.907. The smallest absolute Gasteiger partial charge is 0.272 e. The Hall–Kier alpha value is -2.28. The van der Waals surface area contributed by atoms with Crippen LogP contribution in [-0.4, -0.2) is 27.2 Å². The van der Waals surface area contributed by atoms with Gasteiger partial charge >= 0.3 is 0 Å². The molecule has 0 fully saturated rings. The van der Waals surface area contributed by atoms with E-state index < -0.39 is 5.82 Å². The lowest BCUT2D eigenvalue weighted by Crippen LogP contribution is -2.27. The third-order valence-electron chi connectivity index (χ3n) is 3.67. The fourth-order valence-electron chi connectivity index (χ4n) is 2.63. The van der Waals surface area contributed by atoms with E-state index in [1.807, 2.05) is 13.8 Å². The number of aromatic nitrogens is 3. The Labute approximate surface area is 127 Å². The van der Waals surface area contributed by atoms with Crippen molar-refractivity contribution in [3.63, 3.8) is 0 Å². The van der Waals surface area contributed by atoms with Crippen molar-refractivity contribution < 1.29 is 13.9 Å². The van der Waals surface area contributed by atoms with Crippen LogP contribution in [0.5, 0.6) is 0 Å². The van der Waals surface area contributed by atoms with Crippen molar-refractivity contribution in [2.24, 2.45) is 0 Å². The van der Waals surface area contributed by atoms with E-state index in [0.29, 0.717) is 17.8 Å². The number of pyridine rings is 1. The number of carbonyl (C=O) groups is 1. The number of rotatable bonds is 3. The van der Waals surface area contributed by atoms with E-state index in [0.717, 1.165) is 17.5 Å². The van der Waals surface area contributed by atoms with Crippen LogP contribution in [0.1, 0.15) is 47.4 Å². The molecular weight excluding hydrogens is 287 g/mol. The van der Waals surface area contributed by atoms with Gasteiger partial charge in [0.2, 0.25) is 0 Å². The van der Waals surface area contributed by atoms with Gasteiger partial charge in [-0.05, 0) is 26.0 Å². The molecule has 1 aliphatic rings. The van der Waals surface area contributed by atoms with Gasteiger partial charge in [0.05, 0.1) is 36.3 Å². The van der Waals surface area contributed by atoms with Crippen molar-refractivity contribution in [2.45, 2.75) is 39.0 Å². The van der Waals surface area contributed by atoms with E-state index in [9.17, 15) is 9.18 Å². The second-order valence-electron chi connectivity index (χ2n) is 5.41. The van der Waals surface area contributed by atoms with Crippen molar-refractivity contribution >= 4 is 5.91 Å². The van der Waals surface area contributed by atoms with Crippen molar-refractivity contribution in [3.05, 3.63) is 46.8 Å². The number of carbonyl (C=O) groups excluding carboxylic acids is 1. The maximum absolute atomic E-state index is 12.8. The van der Waals surface area contributed by atoms with Crippen LogP contribution in [0, 0.1) is 5.82 Å². The number of hydrogen-bond donors (Lipinski definition) is 2. The second-order valence-corrected chi connectivity index (χ2v) is 5.41. The highest BCUT2D eigenvalue weighted by Crippen LogP contribution is 2.29. The van der Waals surface area contributed by atoms with Crippen molar-refractivity contribution in [1.29, 1.82) is 0 Å². The Morgan fingerprint density at radius 1 is 1.50 bits per heavy atom. The average Bonchev–Trinajstić information content (AvgIpc) is 2.90. The summed E-state index contributed by atoms with van der Waals surface area (Å²) in [7, 11) is 0. The Balaban J connectivity index is 1.72. The summed E-state index contributed by atoms with van der Waals surface area (Å²) >= 11 is 0. The molecule has 22 heavy (non-hydrogen) atoms. The summed E-state index contributed by atoms with van der Waals surface area (Å²) in [6.45, 7) is 4.12. The monoisotopic (exact) mass is 304 g/mol. The van der Waals surface area contributed by atoms with Gasteiger partial charge in [0.1, 0.15) is 5.82 Å². The average molecular weight is 304 g/mol. The van der Waals surface area contributed by atoms with Crippen LogP contribution in [0.2, 0.25) is 0 Å². The summed E-state index contributed by atoms with van der Waals surface area (Å²) in [5.74, 6) is -0.677. The molecule has 2 atom stereocenters. The number of nitrogens with one attached hydrogen (secondary N) is 2. The third-order valence-corrected chi connectivity index (χ3v) is 3.67. The van der Waals surface area contributed by atoms with Gasteiger partial charge in [-0.2, -0.15) is 5.10 Å². The molecule has 0 saturated heterocycles. The Morgan fingerprint density at radius 3 is 3.05 bits per heavy atom. The van der Waals surface area contributed by atoms with Gasteiger partial charge in [-0.25, -0.2) is 4.39 Å². The third kappa shape index (κ3) is 2.85. The van der Waals surface area contributed by atoms with Crippen LogP contribution < -0.4 is 5.32 Å². The number of nitrogens with zero attached hydrogens (tertiary/aromatic N) is 2. The minimum absolute atomic E-state index is 0.0467. The number of hydrogen-bond acceptors (Lipinski definition) is 4. The predicted molar refractivity (Wildman–Crippen MR) is 76.6 cm³/mol. The SMILES string of the molecule is C[C@@H]1Cc2c(C(=O)NCc3ccc(F)cn3)n[nH]c2[C@H](C)O1. The highest BCUT2D eigenvalue weighted by atomic mass is 19.1. The van der Waals surface area contributed by atoms with Crippen LogP contribution in [0.4, 0.5) is 4.39 Å². The molecule has 0 radical (unpaired) electrons. The first-order valence-corrected chi connectivity index (χ1v) is 7.16. The molecule has 2 aromatic heterocycles. The van der Waals surface area contributed by atoms with Crippen LogP contribution in [0.25, 0.3) is 0 Å². The van der Waals surface area contributed by atoms with Gasteiger partial charge in [0, 0.05) is 12.0 Å². The van der Waals surface area contributed by atoms with Gasteiger partial charge in [-0.15, -0.1) is 0 Å². The fraction of sp³-hybridized carbons (Fsp3) is 0.400. The highest BCUT2D eigenvalue weighted by molar-refractivity contribution is 5.94. The van der Waals surface area contributed by atoms with Crippen molar-refractivity contribution in [3.8, 4) is 0 Å². The molecule has 3 rings (SSSR count). The van der Waals surface area contributed by atoms with E-state index in [1.165, 1.54) is 12.1 Å². The maximum atomic E-state index is 12.8. The lowest BCUT2D eigenvalue weighted by atomic mass is 9.99. The second kappa shape index (κ2) is 5.84. The van der Waals surface area contributed by atoms with Gasteiger partial charge in [-0.3, -0.25) is 14.9 Å². The van der Waals surface area contributed by atoms with E-state index in [-0.39, 0.29) is 24.7 Å². The Kier molecular flexibility index (Phi) is 3.89. The largest absolute Gasteiger partial charge is 0.369 e. The number of fused-ring (bicyclic) bond motifs is 1. The number of amides is 1. The molecule has 1 amide bonds. The first kappa shape index (κ1) is 14.6. The minimum Gasteiger partial charge on any atom is -0.369 e. The first-order valence-electron chi connectivity index (χ1n) is 7.16. The summed E-state index contributed by atoms with van der Waals surface area (Å²) in [5.41, 5.74) is 2.72. The standard InChI is InChI=1S/C15H17FN4O2/c1-8-5-12-13(9(2)22-8)19-20-14(12)15(21)18-7-11-4-3-10(16)6-17-11/h3-4,6,8-9H,5,7H2,1-2H3,(H,18,21)(H,19,20)/t8-,9+/m1/s1. The molecule has 0 aromatic carbocycles. The predicted octanol–water partition coefficient (Wildman–Crippen LogP) is 1.90. The molecule has 7 heteroatoms. The lowest BCUT2D eigenvalue weighted by molar-refractivity contribution is -0.00697. The molecule has 116 valence electrons. The molecule has 0 bridgehead atoms. The van der Waals surface area contributed by atoms with E-state index >= 15 is 0 Å². The lowest BCUT2D eigenvalue weighted by Gasteiger charge is -2.25. The molecule has 3 heterocycles. The number of halogens is 1. The molecule has 0 spiro atoms.